The highest BCUT2D eigenvalue weighted by Gasteiger charge is 2.38. The Morgan fingerprint density at radius 3 is 2.26 bits per heavy atom. The number of piperidine rings is 1. The van der Waals surface area contributed by atoms with E-state index in [0.29, 0.717) is 73.9 Å². The summed E-state index contributed by atoms with van der Waals surface area (Å²) in [5.41, 5.74) is 4.06. The van der Waals surface area contributed by atoms with Gasteiger partial charge in [-0.1, -0.05) is 72.3 Å². The Balaban J connectivity index is 1.19. The molecule has 0 aromatic rings. The third-order valence-corrected chi connectivity index (χ3v) is 11.5. The number of carbonyl (C=O) groups excluding carboxylic acids is 2. The number of hydrogen-bond acceptors (Lipinski definition) is 6. The second-order valence-electron chi connectivity index (χ2n) is 16.1. The van der Waals surface area contributed by atoms with Crippen LogP contribution in [0.3, 0.4) is 0 Å². The summed E-state index contributed by atoms with van der Waals surface area (Å²) in [4.78, 5) is 32.3. The van der Waals surface area contributed by atoms with E-state index >= 15 is 0 Å². The van der Waals surface area contributed by atoms with Crippen molar-refractivity contribution in [1.82, 2.24) is 25.1 Å². The molecule has 1 aliphatic carbocycles. The van der Waals surface area contributed by atoms with Crippen LogP contribution in [0, 0.1) is 47.3 Å². The first-order chi connectivity index (χ1) is 21.9. The zero-order valence-corrected chi connectivity index (χ0v) is 30.0. The van der Waals surface area contributed by atoms with E-state index in [2.05, 4.69) is 46.9 Å². The normalized spacial score (nSPS) is 28.1. The van der Waals surface area contributed by atoms with E-state index in [9.17, 15) is 14.7 Å². The lowest BCUT2D eigenvalue weighted by Gasteiger charge is -2.40. The number of hydrogen-bond donors (Lipinski definition) is 2. The average Bonchev–Trinajstić information content (AvgIpc) is 3.53. The van der Waals surface area contributed by atoms with Crippen molar-refractivity contribution >= 4 is 11.8 Å². The van der Waals surface area contributed by atoms with Gasteiger partial charge in [0.05, 0.1) is 18.2 Å². The number of piperazine rings is 1. The summed E-state index contributed by atoms with van der Waals surface area (Å²) in [5, 5.41) is 13.2. The minimum atomic E-state index is -0.152. The molecule has 4 fully saturated rings. The van der Waals surface area contributed by atoms with Crippen LogP contribution < -0.4 is 5.43 Å². The number of terminal acetylenes is 1. The van der Waals surface area contributed by atoms with Crippen molar-refractivity contribution < 1.29 is 14.7 Å². The van der Waals surface area contributed by atoms with Gasteiger partial charge in [0.25, 0.3) is 5.91 Å². The van der Waals surface area contributed by atoms with E-state index < -0.39 is 0 Å². The minimum Gasteiger partial charge on any atom is -0.393 e. The molecule has 2 N–H and O–H groups in total. The number of aliphatic hydroxyl groups is 1. The summed E-state index contributed by atoms with van der Waals surface area (Å²) >= 11 is 0. The first-order valence-corrected chi connectivity index (χ1v) is 18.6. The first kappa shape index (κ1) is 36.9. The molecule has 6 atom stereocenters. The maximum atomic E-state index is 13.3. The molecular weight excluding hydrogens is 574 g/mol. The van der Waals surface area contributed by atoms with Gasteiger partial charge < -0.3 is 14.9 Å². The molecule has 260 valence electrons. The zero-order valence-electron chi connectivity index (χ0n) is 30.0. The number of aliphatic hydroxyl groups excluding tert-OH is 1. The van der Waals surface area contributed by atoms with Crippen molar-refractivity contribution in [2.75, 3.05) is 58.9 Å². The molecule has 2 amide bonds. The molecule has 0 bridgehead atoms. The smallest absolute Gasteiger partial charge is 0.262 e. The van der Waals surface area contributed by atoms with Gasteiger partial charge in [-0.05, 0) is 74.0 Å². The molecule has 0 aromatic heterocycles. The van der Waals surface area contributed by atoms with Crippen molar-refractivity contribution in [2.45, 2.75) is 111 Å². The maximum absolute atomic E-state index is 13.3. The lowest BCUT2D eigenvalue weighted by molar-refractivity contribution is -0.135. The van der Waals surface area contributed by atoms with Crippen LogP contribution in [0.5, 0.6) is 0 Å². The van der Waals surface area contributed by atoms with Crippen LogP contribution in [0.4, 0.5) is 0 Å². The highest BCUT2D eigenvalue weighted by molar-refractivity contribution is 5.97. The van der Waals surface area contributed by atoms with E-state index in [1.165, 1.54) is 38.5 Å². The van der Waals surface area contributed by atoms with Crippen molar-refractivity contribution in [3.63, 3.8) is 0 Å². The van der Waals surface area contributed by atoms with Gasteiger partial charge in [0, 0.05) is 58.4 Å². The minimum absolute atomic E-state index is 0.0758. The molecule has 3 saturated heterocycles. The van der Waals surface area contributed by atoms with Crippen LogP contribution in [-0.2, 0) is 9.59 Å². The predicted molar refractivity (Wildman–Crippen MR) is 186 cm³/mol. The van der Waals surface area contributed by atoms with Gasteiger partial charge in [0.2, 0.25) is 5.91 Å². The summed E-state index contributed by atoms with van der Waals surface area (Å²) in [5.74, 6) is 5.73. The van der Waals surface area contributed by atoms with Crippen LogP contribution in [0.2, 0.25) is 0 Å². The lowest BCUT2D eigenvalue weighted by atomic mass is 9.72. The van der Waals surface area contributed by atoms with Crippen molar-refractivity contribution in [3.8, 4) is 12.3 Å². The van der Waals surface area contributed by atoms with E-state index in [1.54, 1.807) is 0 Å². The fraction of sp³-hybridized carbons (Fsp3) is 0.842. The molecular formula is C38H65N5O3. The molecule has 8 nitrogen and oxygen atoms in total. The largest absolute Gasteiger partial charge is 0.393 e. The summed E-state index contributed by atoms with van der Waals surface area (Å²) in [7, 11) is 0. The topological polar surface area (TPSA) is 79.4 Å². The molecule has 0 spiro atoms. The quantitative estimate of drug-likeness (QED) is 0.250. The van der Waals surface area contributed by atoms with Gasteiger partial charge >= 0.3 is 0 Å². The van der Waals surface area contributed by atoms with Crippen molar-refractivity contribution in [2.24, 2.45) is 35.0 Å². The molecule has 0 radical (unpaired) electrons. The fourth-order valence-electron chi connectivity index (χ4n) is 8.67. The average molecular weight is 640 g/mol. The number of likely N-dealkylation sites (tertiary alicyclic amines) is 1. The Kier molecular flexibility index (Phi) is 13.6. The Hall–Kier alpha value is -1.92. The number of hydrazine groups is 1. The number of rotatable bonds is 11. The van der Waals surface area contributed by atoms with Crippen LogP contribution in [0.1, 0.15) is 99.3 Å². The first-order valence-electron chi connectivity index (χ1n) is 18.6. The summed E-state index contributed by atoms with van der Waals surface area (Å²) in [6.07, 6.45) is 17.9. The summed E-state index contributed by atoms with van der Waals surface area (Å²) < 4.78 is 0. The fourth-order valence-corrected chi connectivity index (χ4v) is 8.67. The number of nitrogens with zero attached hydrogens (tertiary/aromatic N) is 4. The maximum Gasteiger partial charge on any atom is 0.262 e. The molecule has 4 rings (SSSR count). The highest BCUT2D eigenvalue weighted by Crippen LogP contribution is 2.38. The highest BCUT2D eigenvalue weighted by atomic mass is 16.3. The van der Waals surface area contributed by atoms with Gasteiger partial charge in [0.15, 0.2) is 0 Å². The van der Waals surface area contributed by atoms with E-state index in [0.717, 1.165) is 45.4 Å². The van der Waals surface area contributed by atoms with Crippen molar-refractivity contribution in [3.05, 3.63) is 11.6 Å². The number of amides is 2. The molecule has 1 saturated carbocycles. The second-order valence-corrected chi connectivity index (χ2v) is 16.1. The SMILES string of the molecule is C#C/C(=C\C(C)(C)C)C(=O)N1CCN(CC(=O)N2CCC(C(C)N3CC(C(CCC)CC(C)C4CCCCC4O)CN3)CC2)CC1. The molecule has 46 heavy (non-hydrogen) atoms. The van der Waals surface area contributed by atoms with Crippen LogP contribution in [-0.4, -0.2) is 108 Å². The van der Waals surface area contributed by atoms with Crippen molar-refractivity contribution in [1.29, 1.82) is 0 Å². The number of nitrogens with one attached hydrogen (secondary N) is 1. The molecule has 3 heterocycles. The Morgan fingerprint density at radius 1 is 0.978 bits per heavy atom. The van der Waals surface area contributed by atoms with Gasteiger partial charge in [0.1, 0.15) is 0 Å². The molecule has 6 unspecified atom stereocenters. The van der Waals surface area contributed by atoms with Gasteiger partial charge in [-0.15, -0.1) is 6.42 Å². The van der Waals surface area contributed by atoms with E-state index in [-0.39, 0.29) is 23.3 Å². The Labute approximate surface area is 280 Å². The lowest BCUT2D eigenvalue weighted by Crippen LogP contribution is -2.53. The monoisotopic (exact) mass is 640 g/mol. The molecule has 4 aliphatic rings. The van der Waals surface area contributed by atoms with Crippen LogP contribution in [0.25, 0.3) is 0 Å². The van der Waals surface area contributed by atoms with E-state index in [1.807, 2.05) is 31.7 Å². The predicted octanol–water partition coefficient (Wildman–Crippen LogP) is 4.79. The van der Waals surface area contributed by atoms with Crippen LogP contribution in [0.15, 0.2) is 11.6 Å². The Bertz CT molecular complexity index is 1060. The zero-order chi connectivity index (χ0) is 33.4. The van der Waals surface area contributed by atoms with Gasteiger partial charge in [-0.3, -0.25) is 19.9 Å². The third kappa shape index (κ3) is 10.0. The summed E-state index contributed by atoms with van der Waals surface area (Å²) in [6.45, 7) is 20.0. The standard InChI is InChI=1S/C38H65N5O3/c1-8-12-32(23-28(3)34-13-10-11-14-35(34)44)33-25-39-43(26-33)29(4)31-15-17-41(18-16-31)36(45)27-40-19-21-42(22-20-40)37(46)30(9-2)24-38(5,6)7/h2,24,28-29,31-35,39,44H,8,10-23,25-27H2,1,3-7H3/b30-24+. The van der Waals surface area contributed by atoms with Gasteiger partial charge in [-0.2, -0.15) is 0 Å². The Morgan fingerprint density at radius 2 is 1.65 bits per heavy atom. The number of carbonyl (C=O) groups is 2. The van der Waals surface area contributed by atoms with Crippen LogP contribution >= 0.6 is 0 Å². The molecule has 0 aromatic carbocycles. The molecule has 3 aliphatic heterocycles. The van der Waals surface area contributed by atoms with E-state index in [4.69, 9.17) is 6.42 Å². The third-order valence-electron chi connectivity index (χ3n) is 11.5. The second kappa shape index (κ2) is 17.0. The molecule has 8 heteroatoms. The van der Waals surface area contributed by atoms with Gasteiger partial charge in [-0.25, -0.2) is 5.01 Å². The summed E-state index contributed by atoms with van der Waals surface area (Å²) in [6, 6.07) is 0.452. The number of allylic oxidation sites excluding steroid dienone is 1.